The number of benzene rings is 1. The highest BCUT2D eigenvalue weighted by Gasteiger charge is 2.19. The molecule has 6 heteroatoms. The van der Waals surface area contributed by atoms with Crippen molar-refractivity contribution in [2.45, 2.75) is 26.8 Å². The highest BCUT2D eigenvalue weighted by atomic mass is 32.1. The van der Waals surface area contributed by atoms with E-state index in [0.29, 0.717) is 5.69 Å². The molecule has 0 aliphatic heterocycles. The number of esters is 1. The van der Waals surface area contributed by atoms with Gasteiger partial charge in [-0.25, -0.2) is 4.79 Å². The van der Waals surface area contributed by atoms with Crippen molar-refractivity contribution in [3.63, 3.8) is 0 Å². The maximum absolute atomic E-state index is 12.6. The second-order valence-electron chi connectivity index (χ2n) is 5.80. The van der Waals surface area contributed by atoms with Crippen molar-refractivity contribution in [3.8, 4) is 0 Å². The van der Waals surface area contributed by atoms with Gasteiger partial charge in [-0.05, 0) is 42.0 Å². The number of aromatic nitrogens is 1. The summed E-state index contributed by atoms with van der Waals surface area (Å²) in [6, 6.07) is 9.66. The van der Waals surface area contributed by atoms with Crippen molar-refractivity contribution in [2.75, 3.05) is 12.4 Å². The summed E-state index contributed by atoms with van der Waals surface area (Å²) in [7, 11) is 1.34. The van der Waals surface area contributed by atoms with E-state index in [1.807, 2.05) is 36.6 Å². The monoisotopic (exact) mass is 356 g/mol. The van der Waals surface area contributed by atoms with Crippen LogP contribution < -0.4 is 5.32 Å². The third-order valence-corrected chi connectivity index (χ3v) is 5.15. The molecule has 130 valence electrons. The van der Waals surface area contributed by atoms with Gasteiger partial charge in [0.1, 0.15) is 17.1 Å². The van der Waals surface area contributed by atoms with Crippen molar-refractivity contribution in [1.29, 1.82) is 0 Å². The first-order chi connectivity index (χ1) is 12.0. The number of para-hydroxylation sites is 1. The first-order valence-corrected chi connectivity index (χ1v) is 8.96. The van der Waals surface area contributed by atoms with Gasteiger partial charge in [-0.15, -0.1) is 11.3 Å². The summed E-state index contributed by atoms with van der Waals surface area (Å²) in [5.41, 5.74) is 3.36. The molecule has 0 saturated carbocycles. The zero-order chi connectivity index (χ0) is 18.0. The molecule has 2 aromatic heterocycles. The Morgan fingerprint density at radius 1 is 1.28 bits per heavy atom. The summed E-state index contributed by atoms with van der Waals surface area (Å²) in [5.74, 6) is -0.610. The number of fused-ring (bicyclic) bond motifs is 1. The summed E-state index contributed by atoms with van der Waals surface area (Å²) in [6.45, 7) is 4.09. The van der Waals surface area contributed by atoms with E-state index in [9.17, 15) is 9.59 Å². The molecule has 0 fully saturated rings. The number of nitrogens with one attached hydrogen (secondary N) is 1. The highest BCUT2D eigenvalue weighted by Crippen LogP contribution is 2.26. The zero-order valence-corrected chi connectivity index (χ0v) is 15.3. The Morgan fingerprint density at radius 3 is 2.80 bits per heavy atom. The molecule has 1 N–H and O–H groups in total. The van der Waals surface area contributed by atoms with Gasteiger partial charge in [-0.2, -0.15) is 0 Å². The Morgan fingerprint density at radius 2 is 2.08 bits per heavy atom. The average molecular weight is 356 g/mol. The predicted octanol–water partition coefficient (Wildman–Crippen LogP) is 4.00. The van der Waals surface area contributed by atoms with Crippen LogP contribution in [0.2, 0.25) is 0 Å². The lowest BCUT2D eigenvalue weighted by Crippen LogP contribution is -2.22. The summed E-state index contributed by atoms with van der Waals surface area (Å²) in [6.07, 6.45) is 0.837. The average Bonchev–Trinajstić information content (AvgIpc) is 3.18. The molecule has 0 bridgehead atoms. The number of thiophene rings is 1. The fraction of sp³-hybridized carbons (Fsp3) is 0.263. The van der Waals surface area contributed by atoms with E-state index >= 15 is 0 Å². The number of anilines is 1. The maximum atomic E-state index is 12.6. The number of methoxy groups -OCH3 is 1. The molecule has 3 rings (SSSR count). The molecule has 1 amide bonds. The van der Waals surface area contributed by atoms with Crippen LogP contribution in [0.4, 0.5) is 5.69 Å². The van der Waals surface area contributed by atoms with Crippen LogP contribution in [0, 0.1) is 6.92 Å². The van der Waals surface area contributed by atoms with Crippen LogP contribution in [0.25, 0.3) is 10.2 Å². The summed E-state index contributed by atoms with van der Waals surface area (Å²) in [5, 5.41) is 5.88. The van der Waals surface area contributed by atoms with Crippen LogP contribution in [0.5, 0.6) is 0 Å². The van der Waals surface area contributed by atoms with E-state index < -0.39 is 5.97 Å². The van der Waals surface area contributed by atoms with Gasteiger partial charge in [0.2, 0.25) is 5.91 Å². The lowest BCUT2D eigenvalue weighted by atomic mass is 10.1. The van der Waals surface area contributed by atoms with Crippen molar-refractivity contribution in [2.24, 2.45) is 0 Å². The minimum Gasteiger partial charge on any atom is -0.464 e. The molecule has 25 heavy (non-hydrogen) atoms. The van der Waals surface area contributed by atoms with Crippen LogP contribution in [0.3, 0.4) is 0 Å². The van der Waals surface area contributed by atoms with Crippen molar-refractivity contribution in [1.82, 2.24) is 4.57 Å². The van der Waals surface area contributed by atoms with Crippen LogP contribution in [-0.4, -0.2) is 23.6 Å². The number of amides is 1. The molecule has 3 aromatic rings. The smallest absolute Gasteiger partial charge is 0.354 e. The minimum atomic E-state index is -0.443. The van der Waals surface area contributed by atoms with E-state index in [1.54, 1.807) is 10.6 Å². The molecule has 0 radical (unpaired) electrons. The molecular weight excluding hydrogens is 336 g/mol. The minimum absolute atomic E-state index is 0.0614. The molecule has 2 heterocycles. The van der Waals surface area contributed by atoms with Gasteiger partial charge < -0.3 is 14.6 Å². The predicted molar refractivity (Wildman–Crippen MR) is 100 cm³/mol. The number of nitrogens with zero attached hydrogens (tertiary/aromatic N) is 1. The molecule has 1 aromatic carbocycles. The topological polar surface area (TPSA) is 60.3 Å². The van der Waals surface area contributed by atoms with Gasteiger partial charge in [0, 0.05) is 11.1 Å². The van der Waals surface area contributed by atoms with Gasteiger partial charge >= 0.3 is 5.97 Å². The SMILES string of the molecule is CCc1cccc(C)c1NC(=O)Cn1c(C(=O)OC)cc2ccsc21. The summed E-state index contributed by atoms with van der Waals surface area (Å²) < 4.78 is 6.56. The second-order valence-corrected chi connectivity index (χ2v) is 6.69. The fourth-order valence-electron chi connectivity index (χ4n) is 2.93. The largest absolute Gasteiger partial charge is 0.464 e. The molecule has 5 nitrogen and oxygen atoms in total. The van der Waals surface area contributed by atoms with E-state index in [2.05, 4.69) is 12.2 Å². The Bertz CT molecular complexity index is 939. The lowest BCUT2D eigenvalue weighted by Gasteiger charge is -2.14. The quantitative estimate of drug-likeness (QED) is 0.703. The van der Waals surface area contributed by atoms with Crippen molar-refractivity contribution in [3.05, 3.63) is 52.5 Å². The summed E-state index contributed by atoms with van der Waals surface area (Å²) in [4.78, 5) is 25.6. The molecule has 0 saturated heterocycles. The number of hydrogen-bond donors (Lipinski definition) is 1. The third kappa shape index (κ3) is 3.30. The molecule has 0 spiro atoms. The van der Waals surface area contributed by atoms with Gasteiger partial charge in [0.15, 0.2) is 0 Å². The van der Waals surface area contributed by atoms with E-state index in [1.165, 1.54) is 18.4 Å². The maximum Gasteiger partial charge on any atom is 0.354 e. The Hall–Kier alpha value is -2.60. The van der Waals surface area contributed by atoms with E-state index in [0.717, 1.165) is 33.5 Å². The number of aryl methyl sites for hydroxylation is 2. The Kier molecular flexibility index (Phi) is 4.90. The number of carbonyl (C=O) groups excluding carboxylic acids is 2. The molecular formula is C19H20N2O3S. The van der Waals surface area contributed by atoms with E-state index in [4.69, 9.17) is 4.74 Å². The molecule has 0 atom stereocenters. The number of rotatable bonds is 5. The first-order valence-electron chi connectivity index (χ1n) is 8.08. The van der Waals surface area contributed by atoms with E-state index in [-0.39, 0.29) is 12.5 Å². The zero-order valence-electron chi connectivity index (χ0n) is 14.5. The number of ether oxygens (including phenoxy) is 1. The Balaban J connectivity index is 1.90. The second kappa shape index (κ2) is 7.11. The van der Waals surface area contributed by atoms with Crippen LogP contribution >= 0.6 is 11.3 Å². The van der Waals surface area contributed by atoms with Crippen LogP contribution in [0.1, 0.15) is 28.5 Å². The fourth-order valence-corrected chi connectivity index (χ4v) is 3.83. The normalized spacial score (nSPS) is 10.8. The van der Waals surface area contributed by atoms with Gasteiger partial charge in [-0.3, -0.25) is 4.79 Å². The number of carbonyl (C=O) groups is 2. The van der Waals surface area contributed by atoms with Gasteiger partial charge in [0.25, 0.3) is 0 Å². The van der Waals surface area contributed by atoms with Gasteiger partial charge in [-0.1, -0.05) is 25.1 Å². The molecule has 0 aliphatic carbocycles. The molecule has 0 unspecified atom stereocenters. The summed E-state index contributed by atoms with van der Waals surface area (Å²) >= 11 is 1.50. The van der Waals surface area contributed by atoms with Crippen LogP contribution in [-0.2, 0) is 22.5 Å². The Labute approximate surface area is 150 Å². The first kappa shape index (κ1) is 17.2. The van der Waals surface area contributed by atoms with Crippen LogP contribution in [0.15, 0.2) is 35.7 Å². The standard InChI is InChI=1S/C19H20N2O3S/c1-4-13-7-5-6-12(2)17(13)20-16(22)11-21-15(19(23)24-3)10-14-8-9-25-18(14)21/h5-10H,4,11H2,1-3H3,(H,20,22). The number of hydrogen-bond acceptors (Lipinski definition) is 4. The van der Waals surface area contributed by atoms with Crippen molar-refractivity contribution < 1.29 is 14.3 Å². The lowest BCUT2D eigenvalue weighted by molar-refractivity contribution is -0.116. The third-order valence-electron chi connectivity index (χ3n) is 4.20. The van der Waals surface area contributed by atoms with Crippen molar-refractivity contribution >= 4 is 39.1 Å². The van der Waals surface area contributed by atoms with Gasteiger partial charge in [0.05, 0.1) is 7.11 Å². The highest BCUT2D eigenvalue weighted by molar-refractivity contribution is 7.16. The molecule has 0 aliphatic rings.